The number of carbonyl (C=O) groups is 2. The van der Waals surface area contributed by atoms with Gasteiger partial charge in [-0.3, -0.25) is 9.59 Å². The largest absolute Gasteiger partial charge is 0.339 e. The predicted molar refractivity (Wildman–Crippen MR) is 92.9 cm³/mol. The Bertz CT molecular complexity index is 693. The third-order valence-electron chi connectivity index (χ3n) is 3.45. The lowest BCUT2D eigenvalue weighted by Gasteiger charge is -2.19. The van der Waals surface area contributed by atoms with Crippen LogP contribution in [-0.4, -0.2) is 34.8 Å². The van der Waals surface area contributed by atoms with Crippen molar-refractivity contribution in [3.05, 3.63) is 45.9 Å². The van der Waals surface area contributed by atoms with E-state index >= 15 is 0 Å². The van der Waals surface area contributed by atoms with Crippen molar-refractivity contribution >= 4 is 28.8 Å². The summed E-state index contributed by atoms with van der Waals surface area (Å²) >= 11 is 1.53. The first kappa shape index (κ1) is 17.1. The summed E-state index contributed by atoms with van der Waals surface area (Å²) in [5.41, 5.74) is 1.97. The molecule has 122 valence electrons. The number of nitrogens with zero attached hydrogens (tertiary/aromatic N) is 2. The molecule has 0 radical (unpaired) electrons. The topological polar surface area (TPSA) is 62.3 Å². The van der Waals surface area contributed by atoms with Crippen LogP contribution in [0.25, 0.3) is 0 Å². The Kier molecular flexibility index (Phi) is 5.87. The number of thiazole rings is 1. The van der Waals surface area contributed by atoms with E-state index in [4.69, 9.17) is 0 Å². The smallest absolute Gasteiger partial charge is 0.253 e. The molecule has 1 aromatic heterocycles. The molecule has 0 aliphatic heterocycles. The van der Waals surface area contributed by atoms with Crippen molar-refractivity contribution in [3.8, 4) is 0 Å². The van der Waals surface area contributed by atoms with E-state index in [9.17, 15) is 9.59 Å². The predicted octanol–water partition coefficient (Wildman–Crippen LogP) is 3.11. The molecule has 0 bridgehead atoms. The molecule has 0 aliphatic rings. The number of aryl methyl sites for hydroxylation is 1. The number of anilines is 1. The zero-order chi connectivity index (χ0) is 16.8. The van der Waals surface area contributed by atoms with Gasteiger partial charge < -0.3 is 10.2 Å². The van der Waals surface area contributed by atoms with Gasteiger partial charge in [0.1, 0.15) is 0 Å². The fourth-order valence-corrected chi connectivity index (χ4v) is 2.90. The van der Waals surface area contributed by atoms with Crippen LogP contribution in [0.15, 0.2) is 29.6 Å². The number of amides is 2. The summed E-state index contributed by atoms with van der Waals surface area (Å²) in [5, 5.41) is 5.65. The Balaban J connectivity index is 2.04. The summed E-state index contributed by atoms with van der Waals surface area (Å²) in [6.45, 7) is 7.13. The second-order valence-corrected chi connectivity index (χ2v) is 6.20. The van der Waals surface area contributed by atoms with Crippen molar-refractivity contribution in [2.45, 2.75) is 27.2 Å². The van der Waals surface area contributed by atoms with Gasteiger partial charge in [0, 0.05) is 29.7 Å². The van der Waals surface area contributed by atoms with Crippen LogP contribution in [0.1, 0.15) is 34.9 Å². The number of benzene rings is 1. The Hall–Kier alpha value is -2.21. The van der Waals surface area contributed by atoms with Gasteiger partial charge in [-0.15, -0.1) is 11.3 Å². The zero-order valence-corrected chi connectivity index (χ0v) is 14.4. The van der Waals surface area contributed by atoms with Gasteiger partial charge in [-0.1, -0.05) is 6.07 Å². The van der Waals surface area contributed by atoms with Crippen LogP contribution in [0.2, 0.25) is 0 Å². The van der Waals surface area contributed by atoms with E-state index in [0.29, 0.717) is 24.3 Å². The first-order valence-electron chi connectivity index (χ1n) is 7.63. The number of rotatable bonds is 6. The van der Waals surface area contributed by atoms with Crippen LogP contribution < -0.4 is 5.32 Å². The van der Waals surface area contributed by atoms with Crippen LogP contribution in [-0.2, 0) is 11.2 Å². The molecular weight excluding hydrogens is 310 g/mol. The van der Waals surface area contributed by atoms with Gasteiger partial charge >= 0.3 is 0 Å². The van der Waals surface area contributed by atoms with E-state index in [-0.39, 0.29) is 18.2 Å². The minimum Gasteiger partial charge on any atom is -0.339 e. The zero-order valence-electron chi connectivity index (χ0n) is 13.6. The monoisotopic (exact) mass is 331 g/mol. The molecule has 0 atom stereocenters. The van der Waals surface area contributed by atoms with E-state index in [1.165, 1.54) is 11.3 Å². The van der Waals surface area contributed by atoms with E-state index < -0.39 is 0 Å². The Morgan fingerprint density at radius 1 is 1.26 bits per heavy atom. The fourth-order valence-electron chi connectivity index (χ4n) is 2.28. The van der Waals surface area contributed by atoms with E-state index in [0.717, 1.165) is 10.7 Å². The maximum absolute atomic E-state index is 12.3. The summed E-state index contributed by atoms with van der Waals surface area (Å²) in [4.78, 5) is 30.4. The standard InChI is InChI=1S/C17H21N3O2S/c1-4-20(5-2)17(22)13-7-6-8-14(9-13)19-16(21)10-15-11-23-12(3)18-15/h6-9,11H,4-5,10H2,1-3H3,(H,19,21). The van der Waals surface area contributed by atoms with Gasteiger partial charge in [0.2, 0.25) is 5.91 Å². The second kappa shape index (κ2) is 7.87. The lowest BCUT2D eigenvalue weighted by molar-refractivity contribution is -0.115. The summed E-state index contributed by atoms with van der Waals surface area (Å²) in [6, 6.07) is 7.04. The molecule has 0 saturated heterocycles. The molecule has 2 aromatic rings. The molecule has 0 aliphatic carbocycles. The third-order valence-corrected chi connectivity index (χ3v) is 4.27. The molecular formula is C17H21N3O2S. The molecule has 23 heavy (non-hydrogen) atoms. The quantitative estimate of drug-likeness (QED) is 0.884. The maximum Gasteiger partial charge on any atom is 0.253 e. The van der Waals surface area contributed by atoms with Gasteiger partial charge in [0.15, 0.2) is 0 Å². The molecule has 6 heteroatoms. The Morgan fingerprint density at radius 3 is 2.61 bits per heavy atom. The number of hydrogen-bond acceptors (Lipinski definition) is 4. The lowest BCUT2D eigenvalue weighted by Crippen LogP contribution is -2.30. The average Bonchev–Trinajstić information content (AvgIpc) is 2.93. The molecule has 5 nitrogen and oxygen atoms in total. The highest BCUT2D eigenvalue weighted by Gasteiger charge is 2.13. The number of hydrogen-bond donors (Lipinski definition) is 1. The third kappa shape index (κ3) is 4.63. The molecule has 1 aromatic carbocycles. The molecule has 0 spiro atoms. The van der Waals surface area contributed by atoms with Crippen molar-refractivity contribution in [1.82, 2.24) is 9.88 Å². The second-order valence-electron chi connectivity index (χ2n) is 5.14. The molecule has 2 amide bonds. The molecule has 2 rings (SSSR count). The van der Waals surface area contributed by atoms with E-state index in [1.807, 2.05) is 26.2 Å². The first-order chi connectivity index (χ1) is 11.0. The minimum absolute atomic E-state index is 0.0266. The summed E-state index contributed by atoms with van der Waals surface area (Å²) in [7, 11) is 0. The highest BCUT2D eigenvalue weighted by atomic mass is 32.1. The van der Waals surface area contributed by atoms with Crippen LogP contribution in [0.3, 0.4) is 0 Å². The Morgan fingerprint density at radius 2 is 2.00 bits per heavy atom. The molecule has 0 unspecified atom stereocenters. The van der Waals surface area contributed by atoms with Crippen molar-refractivity contribution < 1.29 is 9.59 Å². The van der Waals surface area contributed by atoms with Gasteiger partial charge in [-0.05, 0) is 39.0 Å². The number of aromatic nitrogens is 1. The fraction of sp³-hybridized carbons (Fsp3) is 0.353. The van der Waals surface area contributed by atoms with Crippen molar-refractivity contribution in [3.63, 3.8) is 0 Å². The van der Waals surface area contributed by atoms with Gasteiger partial charge in [-0.25, -0.2) is 4.98 Å². The summed E-state index contributed by atoms with van der Waals surface area (Å²) in [5.74, 6) is -0.163. The summed E-state index contributed by atoms with van der Waals surface area (Å²) < 4.78 is 0. The highest BCUT2D eigenvalue weighted by molar-refractivity contribution is 7.09. The van der Waals surface area contributed by atoms with Crippen LogP contribution in [0.5, 0.6) is 0 Å². The van der Waals surface area contributed by atoms with Gasteiger partial charge in [-0.2, -0.15) is 0 Å². The SMILES string of the molecule is CCN(CC)C(=O)c1cccc(NC(=O)Cc2csc(C)n2)c1. The van der Waals surface area contributed by atoms with Crippen LogP contribution in [0.4, 0.5) is 5.69 Å². The van der Waals surface area contributed by atoms with Crippen LogP contribution >= 0.6 is 11.3 Å². The molecule has 1 N–H and O–H groups in total. The van der Waals surface area contributed by atoms with Crippen molar-refractivity contribution in [2.24, 2.45) is 0 Å². The lowest BCUT2D eigenvalue weighted by atomic mass is 10.1. The van der Waals surface area contributed by atoms with Crippen molar-refractivity contribution in [2.75, 3.05) is 18.4 Å². The average molecular weight is 331 g/mol. The van der Waals surface area contributed by atoms with Gasteiger partial charge in [0.25, 0.3) is 5.91 Å². The number of carbonyl (C=O) groups excluding carboxylic acids is 2. The van der Waals surface area contributed by atoms with E-state index in [2.05, 4.69) is 10.3 Å². The summed E-state index contributed by atoms with van der Waals surface area (Å²) in [6.07, 6.45) is 0.235. The molecule has 1 heterocycles. The maximum atomic E-state index is 12.3. The van der Waals surface area contributed by atoms with Crippen LogP contribution in [0, 0.1) is 6.92 Å². The van der Waals surface area contributed by atoms with Gasteiger partial charge in [0.05, 0.1) is 17.1 Å². The highest BCUT2D eigenvalue weighted by Crippen LogP contribution is 2.14. The van der Waals surface area contributed by atoms with E-state index in [1.54, 1.807) is 29.2 Å². The minimum atomic E-state index is -0.136. The number of nitrogens with one attached hydrogen (secondary N) is 1. The van der Waals surface area contributed by atoms with Crippen molar-refractivity contribution in [1.29, 1.82) is 0 Å². The molecule has 0 fully saturated rings. The normalized spacial score (nSPS) is 10.4. The Labute approximate surface area is 140 Å². The molecule has 0 saturated carbocycles. The first-order valence-corrected chi connectivity index (χ1v) is 8.51.